The van der Waals surface area contributed by atoms with Crippen LogP contribution in [0.5, 0.6) is 11.5 Å². The highest BCUT2D eigenvalue weighted by molar-refractivity contribution is 5.79. The third kappa shape index (κ3) is 1.47. The smallest absolute Gasteiger partial charge is 0.310 e. The molecule has 0 radical (unpaired) electrons. The molecule has 2 atom stereocenters. The molecule has 1 fully saturated rings. The molecule has 2 unspecified atom stereocenters. The summed E-state index contributed by atoms with van der Waals surface area (Å²) < 4.78 is 15.5. The fourth-order valence-electron chi connectivity index (χ4n) is 2.60. The van der Waals surface area contributed by atoms with Crippen molar-refractivity contribution in [3.63, 3.8) is 0 Å². The lowest BCUT2D eigenvalue weighted by atomic mass is 10.0. The van der Waals surface area contributed by atoms with Gasteiger partial charge in [0.15, 0.2) is 11.5 Å². The van der Waals surface area contributed by atoms with Crippen LogP contribution >= 0.6 is 0 Å². The second-order valence-electron chi connectivity index (χ2n) is 4.57. The Morgan fingerprint density at radius 1 is 1.44 bits per heavy atom. The maximum Gasteiger partial charge on any atom is 0.310 e. The maximum absolute atomic E-state index is 11.6. The van der Waals surface area contributed by atoms with Crippen LogP contribution in [0.25, 0.3) is 0 Å². The van der Waals surface area contributed by atoms with E-state index in [4.69, 9.17) is 14.2 Å². The van der Waals surface area contributed by atoms with Crippen LogP contribution in [-0.4, -0.2) is 26.9 Å². The summed E-state index contributed by atoms with van der Waals surface area (Å²) in [5, 5.41) is 3.23. The Morgan fingerprint density at radius 3 is 2.94 bits per heavy atom. The fraction of sp³-hybridized carbons (Fsp3) is 0.462. The van der Waals surface area contributed by atoms with Crippen molar-refractivity contribution in [1.29, 1.82) is 0 Å². The van der Waals surface area contributed by atoms with Gasteiger partial charge in [0.25, 0.3) is 0 Å². The minimum absolute atomic E-state index is 0.132. The van der Waals surface area contributed by atoms with E-state index >= 15 is 0 Å². The average molecular weight is 249 g/mol. The van der Waals surface area contributed by atoms with Gasteiger partial charge in [-0.1, -0.05) is 6.07 Å². The number of ether oxygens (including phenoxy) is 3. The summed E-state index contributed by atoms with van der Waals surface area (Å²) in [6.07, 6.45) is 0.746. The molecule has 5 heteroatoms. The van der Waals surface area contributed by atoms with E-state index in [2.05, 4.69) is 5.32 Å². The van der Waals surface area contributed by atoms with E-state index in [9.17, 15) is 4.79 Å². The van der Waals surface area contributed by atoms with Crippen LogP contribution in [-0.2, 0) is 15.1 Å². The molecule has 18 heavy (non-hydrogen) atoms. The summed E-state index contributed by atoms with van der Waals surface area (Å²) >= 11 is 0. The summed E-state index contributed by atoms with van der Waals surface area (Å²) in [6.45, 7) is 0.256. The number of hydrogen-bond acceptors (Lipinski definition) is 5. The SMILES string of the molecule is CNC1(c2ccc3c(c2)OCO3)CC1C(=O)OC. The van der Waals surface area contributed by atoms with Crippen LogP contribution in [0, 0.1) is 5.92 Å². The van der Waals surface area contributed by atoms with Crippen LogP contribution in [0.4, 0.5) is 0 Å². The van der Waals surface area contributed by atoms with E-state index in [-0.39, 0.29) is 24.2 Å². The van der Waals surface area contributed by atoms with Crippen molar-refractivity contribution in [3.05, 3.63) is 23.8 Å². The van der Waals surface area contributed by atoms with Gasteiger partial charge in [0.05, 0.1) is 18.6 Å². The molecule has 0 aromatic heterocycles. The first-order valence-corrected chi connectivity index (χ1v) is 5.88. The summed E-state index contributed by atoms with van der Waals surface area (Å²) in [5.41, 5.74) is 0.707. The highest BCUT2D eigenvalue weighted by Crippen LogP contribution is 2.53. The molecule has 1 aliphatic heterocycles. The molecule has 1 aromatic carbocycles. The van der Waals surface area contributed by atoms with Gasteiger partial charge in [-0.3, -0.25) is 4.79 Å². The predicted octanol–water partition coefficient (Wildman–Crippen LogP) is 1.02. The Labute approximate surface area is 105 Å². The summed E-state index contributed by atoms with van der Waals surface area (Å²) in [7, 11) is 3.27. The zero-order valence-corrected chi connectivity index (χ0v) is 10.4. The highest BCUT2D eigenvalue weighted by Gasteiger charge is 2.59. The number of carbonyl (C=O) groups is 1. The third-order valence-electron chi connectivity index (χ3n) is 3.78. The minimum atomic E-state index is -0.325. The molecule has 1 saturated carbocycles. The van der Waals surface area contributed by atoms with Crippen molar-refractivity contribution in [1.82, 2.24) is 5.32 Å². The number of nitrogens with one attached hydrogen (secondary N) is 1. The molecule has 1 aliphatic carbocycles. The number of fused-ring (bicyclic) bond motifs is 1. The van der Waals surface area contributed by atoms with E-state index in [1.165, 1.54) is 7.11 Å². The molecule has 5 nitrogen and oxygen atoms in total. The first-order chi connectivity index (χ1) is 8.71. The molecule has 1 aromatic rings. The molecular formula is C13H15NO4. The van der Waals surface area contributed by atoms with E-state index < -0.39 is 0 Å². The van der Waals surface area contributed by atoms with Crippen LogP contribution in [0.3, 0.4) is 0 Å². The minimum Gasteiger partial charge on any atom is -0.469 e. The number of benzene rings is 1. The molecule has 0 bridgehead atoms. The Balaban J connectivity index is 1.92. The zero-order chi connectivity index (χ0) is 12.8. The quantitative estimate of drug-likeness (QED) is 0.811. The fourth-order valence-corrected chi connectivity index (χ4v) is 2.60. The van der Waals surface area contributed by atoms with E-state index in [0.717, 1.165) is 23.5 Å². The molecule has 2 aliphatic rings. The molecule has 0 spiro atoms. The van der Waals surface area contributed by atoms with Crippen molar-refractivity contribution in [2.45, 2.75) is 12.0 Å². The van der Waals surface area contributed by atoms with Gasteiger partial charge in [-0.25, -0.2) is 0 Å². The third-order valence-corrected chi connectivity index (χ3v) is 3.78. The topological polar surface area (TPSA) is 56.8 Å². The number of rotatable bonds is 3. The van der Waals surface area contributed by atoms with Gasteiger partial charge < -0.3 is 19.5 Å². The Hall–Kier alpha value is -1.75. The molecule has 96 valence electrons. The van der Waals surface area contributed by atoms with Crippen molar-refractivity contribution in [2.24, 2.45) is 5.92 Å². The second-order valence-corrected chi connectivity index (χ2v) is 4.57. The summed E-state index contributed by atoms with van der Waals surface area (Å²) in [6, 6.07) is 5.78. The van der Waals surface area contributed by atoms with Crippen molar-refractivity contribution in [3.8, 4) is 11.5 Å². The van der Waals surface area contributed by atoms with Crippen LogP contribution < -0.4 is 14.8 Å². The van der Waals surface area contributed by atoms with Gasteiger partial charge in [-0.15, -0.1) is 0 Å². The van der Waals surface area contributed by atoms with Gasteiger partial charge in [0.2, 0.25) is 6.79 Å². The number of carbonyl (C=O) groups excluding carboxylic acids is 1. The second kappa shape index (κ2) is 3.88. The van der Waals surface area contributed by atoms with E-state index in [1.54, 1.807) is 0 Å². The Morgan fingerprint density at radius 2 is 2.22 bits per heavy atom. The lowest BCUT2D eigenvalue weighted by molar-refractivity contribution is -0.142. The predicted molar refractivity (Wildman–Crippen MR) is 63.4 cm³/mol. The number of methoxy groups -OCH3 is 1. The zero-order valence-electron chi connectivity index (χ0n) is 10.4. The van der Waals surface area contributed by atoms with E-state index in [0.29, 0.717) is 0 Å². The Bertz CT molecular complexity index is 502. The largest absolute Gasteiger partial charge is 0.469 e. The molecule has 0 amide bonds. The van der Waals surface area contributed by atoms with Crippen molar-refractivity contribution < 1.29 is 19.0 Å². The van der Waals surface area contributed by atoms with Gasteiger partial charge in [0, 0.05) is 0 Å². The standard InChI is InChI=1S/C13H15NO4/c1-14-13(6-9(13)12(15)16-2)8-3-4-10-11(5-8)18-7-17-10/h3-5,9,14H,6-7H2,1-2H3. The first-order valence-electron chi connectivity index (χ1n) is 5.88. The monoisotopic (exact) mass is 249 g/mol. The number of hydrogen-bond donors (Lipinski definition) is 1. The summed E-state index contributed by atoms with van der Waals surface area (Å²) in [5.74, 6) is 1.17. The maximum atomic E-state index is 11.6. The highest BCUT2D eigenvalue weighted by atomic mass is 16.7. The van der Waals surface area contributed by atoms with Crippen LogP contribution in [0.15, 0.2) is 18.2 Å². The first kappa shape index (κ1) is 11.3. The Kier molecular flexibility index (Phi) is 2.45. The summed E-state index contributed by atoms with van der Waals surface area (Å²) in [4.78, 5) is 11.6. The van der Waals surface area contributed by atoms with Gasteiger partial charge in [-0.2, -0.15) is 0 Å². The molecular weight excluding hydrogens is 234 g/mol. The number of esters is 1. The molecule has 0 saturated heterocycles. The lowest BCUT2D eigenvalue weighted by Crippen LogP contribution is -2.29. The molecule has 1 N–H and O–H groups in total. The normalized spacial score (nSPS) is 28.0. The molecule has 3 rings (SSSR count). The lowest BCUT2D eigenvalue weighted by Gasteiger charge is -2.17. The van der Waals surface area contributed by atoms with Crippen LogP contribution in [0.1, 0.15) is 12.0 Å². The van der Waals surface area contributed by atoms with Gasteiger partial charge >= 0.3 is 5.97 Å². The van der Waals surface area contributed by atoms with Gasteiger partial charge in [0.1, 0.15) is 0 Å². The van der Waals surface area contributed by atoms with E-state index in [1.807, 2.05) is 25.2 Å². The molecule has 1 heterocycles. The average Bonchev–Trinajstić information content (AvgIpc) is 2.98. The van der Waals surface area contributed by atoms with Crippen molar-refractivity contribution >= 4 is 5.97 Å². The van der Waals surface area contributed by atoms with Crippen LogP contribution in [0.2, 0.25) is 0 Å². The van der Waals surface area contributed by atoms with Gasteiger partial charge in [-0.05, 0) is 31.2 Å². The van der Waals surface area contributed by atoms with Crippen molar-refractivity contribution in [2.75, 3.05) is 21.0 Å².